The molecule has 0 saturated carbocycles. The van der Waals surface area contributed by atoms with E-state index in [-0.39, 0.29) is 5.75 Å². The van der Waals surface area contributed by atoms with Crippen LogP contribution in [0.1, 0.15) is 11.1 Å². The first-order valence-corrected chi connectivity index (χ1v) is 8.25. The number of carbonyl (C=O) groups excluding carboxylic acids is 1. The predicted octanol–water partition coefficient (Wildman–Crippen LogP) is 2.46. The van der Waals surface area contributed by atoms with Gasteiger partial charge in [-0.1, -0.05) is 24.3 Å². The molecule has 100 valence electrons. The average molecular weight is 293 g/mol. The van der Waals surface area contributed by atoms with Crippen LogP contribution in [0.5, 0.6) is 0 Å². The smallest absolute Gasteiger partial charge is 0.230 e. The number of carbonyl (C=O) groups is 1. The molecule has 1 amide bonds. The van der Waals surface area contributed by atoms with Crippen molar-refractivity contribution < 1.29 is 9.00 Å². The molecule has 0 aliphatic carbocycles. The molecular weight excluding hydrogens is 278 g/mol. The Bertz CT molecular complexity index is 619. The van der Waals surface area contributed by atoms with E-state index in [1.807, 2.05) is 24.3 Å². The highest BCUT2D eigenvalue weighted by molar-refractivity contribution is 7.84. The van der Waals surface area contributed by atoms with Gasteiger partial charge in [0.05, 0.1) is 0 Å². The average Bonchev–Trinajstić information content (AvgIpc) is 2.75. The zero-order chi connectivity index (χ0) is 13.8. The molecule has 2 rings (SSSR count). The molecule has 19 heavy (non-hydrogen) atoms. The quantitative estimate of drug-likeness (QED) is 0.920. The number of thiophene rings is 1. The van der Waals surface area contributed by atoms with Crippen LogP contribution in [0, 0.1) is 6.92 Å². The largest absolute Gasteiger partial charge is 0.369 e. The van der Waals surface area contributed by atoms with Crippen molar-refractivity contribution in [2.24, 2.45) is 5.73 Å². The van der Waals surface area contributed by atoms with Gasteiger partial charge in [-0.05, 0) is 39.9 Å². The molecule has 0 saturated heterocycles. The maximum absolute atomic E-state index is 11.8. The summed E-state index contributed by atoms with van der Waals surface area (Å²) in [5.74, 6) is -0.256. The van der Waals surface area contributed by atoms with Crippen LogP contribution in [0.15, 0.2) is 35.0 Å². The summed E-state index contributed by atoms with van der Waals surface area (Å²) in [5.41, 5.74) is 9.52. The molecule has 2 aromatic rings. The molecule has 0 radical (unpaired) electrons. The Balaban J connectivity index is 2.30. The zero-order valence-electron chi connectivity index (χ0n) is 10.6. The minimum Gasteiger partial charge on any atom is -0.369 e. The van der Waals surface area contributed by atoms with Crippen LogP contribution in [0.3, 0.4) is 0 Å². The third-order valence-electron chi connectivity index (χ3n) is 2.78. The van der Waals surface area contributed by atoms with E-state index >= 15 is 0 Å². The van der Waals surface area contributed by atoms with Crippen molar-refractivity contribution in [1.82, 2.24) is 0 Å². The predicted molar refractivity (Wildman–Crippen MR) is 80.4 cm³/mol. The lowest BCUT2D eigenvalue weighted by molar-refractivity contribution is -0.115. The lowest BCUT2D eigenvalue weighted by Crippen LogP contribution is -2.20. The molecule has 1 aromatic carbocycles. The van der Waals surface area contributed by atoms with Crippen LogP contribution in [0.4, 0.5) is 0 Å². The second-order valence-corrected chi connectivity index (χ2v) is 6.52. The number of primary amides is 1. The Labute approximate surface area is 118 Å². The van der Waals surface area contributed by atoms with Crippen LogP contribution in [0.25, 0.3) is 11.1 Å². The molecule has 2 N–H and O–H groups in total. The van der Waals surface area contributed by atoms with Crippen LogP contribution >= 0.6 is 11.3 Å². The van der Waals surface area contributed by atoms with Crippen LogP contribution in [-0.2, 0) is 21.3 Å². The van der Waals surface area contributed by atoms with Crippen molar-refractivity contribution >= 4 is 28.0 Å². The Kier molecular flexibility index (Phi) is 4.50. The molecule has 5 heteroatoms. The molecule has 0 spiro atoms. The van der Waals surface area contributed by atoms with Crippen molar-refractivity contribution in [2.75, 3.05) is 5.75 Å². The van der Waals surface area contributed by atoms with Crippen molar-refractivity contribution in [1.29, 1.82) is 0 Å². The summed E-state index contributed by atoms with van der Waals surface area (Å²) in [4.78, 5) is 10.8. The molecular formula is C14H15NO2S2. The minimum absolute atomic E-state index is 0.0864. The van der Waals surface area contributed by atoms with Gasteiger partial charge >= 0.3 is 0 Å². The highest BCUT2D eigenvalue weighted by atomic mass is 32.2. The van der Waals surface area contributed by atoms with Crippen LogP contribution < -0.4 is 5.73 Å². The van der Waals surface area contributed by atoms with Gasteiger partial charge < -0.3 is 5.73 Å². The highest BCUT2D eigenvalue weighted by Gasteiger charge is 2.11. The van der Waals surface area contributed by atoms with Crippen molar-refractivity contribution in [3.8, 4) is 11.1 Å². The Morgan fingerprint density at radius 3 is 2.63 bits per heavy atom. The maximum atomic E-state index is 11.8. The molecule has 1 unspecified atom stereocenters. The molecule has 1 aromatic heterocycles. The fourth-order valence-electron chi connectivity index (χ4n) is 1.93. The fourth-order valence-corrected chi connectivity index (χ4v) is 3.79. The number of hydrogen-bond donors (Lipinski definition) is 1. The topological polar surface area (TPSA) is 60.2 Å². The second-order valence-electron chi connectivity index (χ2n) is 4.32. The van der Waals surface area contributed by atoms with E-state index in [2.05, 4.69) is 17.7 Å². The Morgan fingerprint density at radius 2 is 2.00 bits per heavy atom. The van der Waals surface area contributed by atoms with Crippen molar-refractivity contribution in [3.05, 3.63) is 46.2 Å². The van der Waals surface area contributed by atoms with E-state index in [0.29, 0.717) is 5.75 Å². The maximum Gasteiger partial charge on any atom is 0.230 e. The first-order chi connectivity index (χ1) is 9.08. The van der Waals surface area contributed by atoms with E-state index < -0.39 is 16.7 Å². The number of rotatable bonds is 5. The number of hydrogen-bond acceptors (Lipinski definition) is 3. The minimum atomic E-state index is -1.25. The van der Waals surface area contributed by atoms with E-state index in [0.717, 1.165) is 16.7 Å². The lowest BCUT2D eigenvalue weighted by atomic mass is 10.0. The molecule has 0 aliphatic rings. The number of amides is 1. The Morgan fingerprint density at radius 1 is 1.26 bits per heavy atom. The molecule has 0 fully saturated rings. The van der Waals surface area contributed by atoms with E-state index in [4.69, 9.17) is 5.73 Å². The third-order valence-corrected chi connectivity index (χ3v) is 4.88. The molecule has 0 bridgehead atoms. The first kappa shape index (κ1) is 14.0. The standard InChI is InChI=1S/C14H15NO2S2/c1-10-6-18-7-13(10)12-5-3-2-4-11(12)8-19(17)9-14(15)16/h2-7H,8-9H2,1H3,(H2,15,16). The molecule has 0 aliphatic heterocycles. The third kappa shape index (κ3) is 3.52. The van der Waals surface area contributed by atoms with Gasteiger partial charge in [-0.15, -0.1) is 0 Å². The van der Waals surface area contributed by atoms with Gasteiger partial charge in [-0.25, -0.2) is 0 Å². The fraction of sp³-hybridized carbons (Fsp3) is 0.214. The van der Waals surface area contributed by atoms with E-state index in [9.17, 15) is 9.00 Å². The van der Waals surface area contributed by atoms with Crippen LogP contribution in [0.2, 0.25) is 0 Å². The van der Waals surface area contributed by atoms with E-state index in [1.165, 1.54) is 5.56 Å². The Hall–Kier alpha value is -1.46. The summed E-state index contributed by atoms with van der Waals surface area (Å²) in [6, 6.07) is 7.85. The molecule has 1 atom stereocenters. The van der Waals surface area contributed by atoms with Gasteiger partial charge in [0.2, 0.25) is 5.91 Å². The summed E-state index contributed by atoms with van der Waals surface area (Å²) in [5, 5.41) is 4.18. The van der Waals surface area contributed by atoms with E-state index in [1.54, 1.807) is 11.3 Å². The normalized spacial score (nSPS) is 12.3. The summed E-state index contributed by atoms with van der Waals surface area (Å²) in [6.45, 7) is 2.06. The number of aryl methyl sites for hydroxylation is 1. The lowest BCUT2D eigenvalue weighted by Gasteiger charge is -2.08. The summed E-state index contributed by atoms with van der Waals surface area (Å²) < 4.78 is 11.8. The van der Waals surface area contributed by atoms with Gasteiger partial charge in [-0.3, -0.25) is 9.00 Å². The van der Waals surface area contributed by atoms with Gasteiger partial charge in [0.1, 0.15) is 5.75 Å². The SMILES string of the molecule is Cc1cscc1-c1ccccc1CS(=O)CC(N)=O. The first-order valence-electron chi connectivity index (χ1n) is 5.82. The van der Waals surface area contributed by atoms with Crippen LogP contribution in [-0.4, -0.2) is 15.9 Å². The van der Waals surface area contributed by atoms with Gasteiger partial charge in [0, 0.05) is 16.6 Å². The van der Waals surface area contributed by atoms with Crippen molar-refractivity contribution in [3.63, 3.8) is 0 Å². The highest BCUT2D eigenvalue weighted by Crippen LogP contribution is 2.30. The van der Waals surface area contributed by atoms with Gasteiger partial charge in [0.15, 0.2) is 0 Å². The summed E-state index contributed by atoms with van der Waals surface area (Å²) >= 11 is 1.65. The summed E-state index contributed by atoms with van der Waals surface area (Å²) in [6.07, 6.45) is 0. The summed E-state index contributed by atoms with van der Waals surface area (Å²) in [7, 11) is -1.25. The molecule has 3 nitrogen and oxygen atoms in total. The van der Waals surface area contributed by atoms with Crippen molar-refractivity contribution in [2.45, 2.75) is 12.7 Å². The monoisotopic (exact) mass is 293 g/mol. The zero-order valence-corrected chi connectivity index (χ0v) is 12.2. The second kappa shape index (κ2) is 6.12. The number of benzene rings is 1. The van der Waals surface area contributed by atoms with Gasteiger partial charge in [0.25, 0.3) is 0 Å². The number of nitrogens with two attached hydrogens (primary N) is 1. The van der Waals surface area contributed by atoms with Gasteiger partial charge in [-0.2, -0.15) is 11.3 Å². The molecule has 1 heterocycles.